The lowest BCUT2D eigenvalue weighted by molar-refractivity contribution is -0.511. The highest BCUT2D eigenvalue weighted by Crippen LogP contribution is 2.40. The summed E-state index contributed by atoms with van der Waals surface area (Å²) >= 11 is 0. The maximum Gasteiger partial charge on any atom is 0.221 e. The monoisotopic (exact) mass is 306 g/mol. The fourth-order valence-electron chi connectivity index (χ4n) is 2.27. The normalized spacial score (nSPS) is 39.1. The van der Waals surface area contributed by atoms with Gasteiger partial charge < -0.3 is 24.4 Å². The van der Waals surface area contributed by atoms with Crippen LogP contribution in [0.5, 0.6) is 0 Å². The Kier molecular flexibility index (Phi) is 4.41. The molecule has 21 heavy (non-hydrogen) atoms. The molecule has 2 heterocycles. The van der Waals surface area contributed by atoms with E-state index in [1.807, 2.05) is 27.7 Å². The fourth-order valence-corrected chi connectivity index (χ4v) is 2.27. The summed E-state index contributed by atoms with van der Waals surface area (Å²) in [7, 11) is 0. The fraction of sp³-hybridized carbons (Fsp3) is 1.00. The summed E-state index contributed by atoms with van der Waals surface area (Å²) in [5, 5.41) is 19.1. The standard InChI is InChI=1S/C14H26O7/c1-12(2)13(3,4)21-20-11(19-12)10-9(8(16)7-15)17-14(5,6)18-10/h8-11,15-16H,7H2,1-6H3/t8?,9-,10+,11?/m1/s1. The molecule has 2 fully saturated rings. The molecule has 0 amide bonds. The van der Waals surface area contributed by atoms with Crippen molar-refractivity contribution >= 4 is 0 Å². The van der Waals surface area contributed by atoms with Crippen LogP contribution in [0.2, 0.25) is 0 Å². The summed E-state index contributed by atoms with van der Waals surface area (Å²) in [6.07, 6.45) is -3.43. The van der Waals surface area contributed by atoms with E-state index in [4.69, 9.17) is 29.1 Å². The number of hydrogen-bond acceptors (Lipinski definition) is 7. The maximum atomic E-state index is 9.92. The average Bonchev–Trinajstić information content (AvgIpc) is 2.68. The van der Waals surface area contributed by atoms with Crippen molar-refractivity contribution in [1.29, 1.82) is 0 Å². The number of rotatable bonds is 3. The van der Waals surface area contributed by atoms with Crippen LogP contribution in [0.15, 0.2) is 0 Å². The van der Waals surface area contributed by atoms with Gasteiger partial charge in [-0.2, -0.15) is 0 Å². The highest BCUT2D eigenvalue weighted by molar-refractivity contribution is 4.95. The van der Waals surface area contributed by atoms with E-state index in [0.29, 0.717) is 0 Å². The minimum absolute atomic E-state index is 0.441. The van der Waals surface area contributed by atoms with Crippen molar-refractivity contribution in [1.82, 2.24) is 0 Å². The van der Waals surface area contributed by atoms with Crippen molar-refractivity contribution in [2.75, 3.05) is 6.61 Å². The molecule has 2 N–H and O–H groups in total. The second-order valence-electron chi connectivity index (χ2n) is 7.00. The molecule has 124 valence electrons. The molecule has 0 bridgehead atoms. The van der Waals surface area contributed by atoms with Crippen LogP contribution in [0, 0.1) is 0 Å². The van der Waals surface area contributed by atoms with Gasteiger partial charge in [0.2, 0.25) is 6.29 Å². The van der Waals surface area contributed by atoms with Crippen molar-refractivity contribution < 1.29 is 34.2 Å². The minimum atomic E-state index is -1.10. The molecule has 2 aliphatic heterocycles. The van der Waals surface area contributed by atoms with E-state index in [1.54, 1.807) is 13.8 Å². The van der Waals surface area contributed by atoms with E-state index in [2.05, 4.69) is 0 Å². The molecule has 0 aromatic heterocycles. The Bertz CT molecular complexity index is 380. The van der Waals surface area contributed by atoms with Gasteiger partial charge in [-0.15, -0.1) is 0 Å². The lowest BCUT2D eigenvalue weighted by atomic mass is 9.89. The molecule has 0 aromatic carbocycles. The maximum absolute atomic E-state index is 9.92. The molecule has 2 aliphatic rings. The van der Waals surface area contributed by atoms with Gasteiger partial charge in [0.05, 0.1) is 12.2 Å². The highest BCUT2D eigenvalue weighted by Gasteiger charge is 2.55. The molecule has 2 unspecified atom stereocenters. The number of ether oxygens (including phenoxy) is 3. The van der Waals surface area contributed by atoms with Gasteiger partial charge in [0.15, 0.2) is 5.79 Å². The molecule has 2 rings (SSSR count). The van der Waals surface area contributed by atoms with Crippen LogP contribution in [-0.2, 0) is 24.0 Å². The van der Waals surface area contributed by atoms with Crippen molar-refractivity contribution in [3.63, 3.8) is 0 Å². The molecule has 0 aromatic rings. The summed E-state index contributed by atoms with van der Waals surface area (Å²) in [6.45, 7) is 10.5. The Morgan fingerprint density at radius 3 is 2.10 bits per heavy atom. The predicted octanol–water partition coefficient (Wildman–Crippen LogP) is 0.721. The Hall–Kier alpha value is -0.280. The van der Waals surface area contributed by atoms with Gasteiger partial charge in [0.25, 0.3) is 0 Å². The Morgan fingerprint density at radius 2 is 1.57 bits per heavy atom. The summed E-state index contributed by atoms with van der Waals surface area (Å²) in [5.74, 6) is -0.907. The molecule has 0 saturated carbocycles. The number of hydrogen-bond donors (Lipinski definition) is 2. The Morgan fingerprint density at radius 1 is 0.952 bits per heavy atom. The van der Waals surface area contributed by atoms with Crippen LogP contribution in [0.25, 0.3) is 0 Å². The highest BCUT2D eigenvalue weighted by atomic mass is 17.2. The van der Waals surface area contributed by atoms with Crippen molar-refractivity contribution in [2.45, 2.75) is 83.1 Å². The minimum Gasteiger partial charge on any atom is -0.394 e. The largest absolute Gasteiger partial charge is 0.394 e. The Labute approximate surface area is 125 Å². The molecular weight excluding hydrogens is 280 g/mol. The van der Waals surface area contributed by atoms with Gasteiger partial charge in [0.1, 0.15) is 23.9 Å². The molecule has 7 heteroatoms. The molecule has 0 radical (unpaired) electrons. The molecular formula is C14H26O7. The van der Waals surface area contributed by atoms with E-state index in [-0.39, 0.29) is 0 Å². The van der Waals surface area contributed by atoms with E-state index < -0.39 is 48.2 Å². The van der Waals surface area contributed by atoms with Crippen LogP contribution in [0.1, 0.15) is 41.5 Å². The second-order valence-corrected chi connectivity index (χ2v) is 7.00. The quantitative estimate of drug-likeness (QED) is 0.743. The van der Waals surface area contributed by atoms with E-state index >= 15 is 0 Å². The molecule has 4 atom stereocenters. The van der Waals surface area contributed by atoms with Gasteiger partial charge in [-0.05, 0) is 41.5 Å². The van der Waals surface area contributed by atoms with Crippen LogP contribution < -0.4 is 0 Å². The van der Waals surface area contributed by atoms with Crippen LogP contribution in [-0.4, -0.2) is 58.4 Å². The predicted molar refractivity (Wildman–Crippen MR) is 72.1 cm³/mol. The lowest BCUT2D eigenvalue weighted by Gasteiger charge is -2.47. The zero-order valence-corrected chi connectivity index (χ0v) is 13.5. The number of aliphatic hydroxyl groups is 2. The summed E-state index contributed by atoms with van der Waals surface area (Å²) < 4.78 is 17.3. The SMILES string of the molecule is CC1(C)O[C@H](C(O)CO)[C@@H](C2OOC(C)(C)C(C)(C)O2)O1. The molecule has 7 nitrogen and oxygen atoms in total. The average molecular weight is 306 g/mol. The van der Waals surface area contributed by atoms with Crippen LogP contribution >= 0.6 is 0 Å². The van der Waals surface area contributed by atoms with Crippen molar-refractivity contribution in [3.8, 4) is 0 Å². The van der Waals surface area contributed by atoms with Gasteiger partial charge in [-0.1, -0.05) is 0 Å². The lowest BCUT2D eigenvalue weighted by Crippen LogP contribution is -2.60. The van der Waals surface area contributed by atoms with Crippen LogP contribution in [0.3, 0.4) is 0 Å². The van der Waals surface area contributed by atoms with E-state index in [9.17, 15) is 5.11 Å². The third-order valence-corrected chi connectivity index (χ3v) is 4.21. The smallest absolute Gasteiger partial charge is 0.221 e. The first-order valence-electron chi connectivity index (χ1n) is 7.16. The first-order valence-corrected chi connectivity index (χ1v) is 7.16. The van der Waals surface area contributed by atoms with Gasteiger partial charge in [0, 0.05) is 0 Å². The van der Waals surface area contributed by atoms with E-state index in [1.165, 1.54) is 0 Å². The zero-order chi connectivity index (χ0) is 16.1. The third-order valence-electron chi connectivity index (χ3n) is 4.21. The third kappa shape index (κ3) is 3.24. The van der Waals surface area contributed by atoms with Gasteiger partial charge >= 0.3 is 0 Å². The first kappa shape index (κ1) is 17.1. The molecule has 0 spiro atoms. The summed E-state index contributed by atoms with van der Waals surface area (Å²) in [5.41, 5.74) is -1.26. The first-order chi connectivity index (χ1) is 9.49. The molecule has 2 saturated heterocycles. The van der Waals surface area contributed by atoms with Crippen molar-refractivity contribution in [3.05, 3.63) is 0 Å². The summed E-state index contributed by atoms with van der Waals surface area (Å²) in [6, 6.07) is 0. The van der Waals surface area contributed by atoms with Crippen LogP contribution in [0.4, 0.5) is 0 Å². The van der Waals surface area contributed by atoms with E-state index in [0.717, 1.165) is 0 Å². The van der Waals surface area contributed by atoms with Gasteiger partial charge in [-0.3, -0.25) is 0 Å². The summed E-state index contributed by atoms with van der Waals surface area (Å²) in [4.78, 5) is 10.7. The van der Waals surface area contributed by atoms with Gasteiger partial charge in [-0.25, -0.2) is 9.78 Å². The number of aliphatic hydroxyl groups excluding tert-OH is 2. The topological polar surface area (TPSA) is 86.6 Å². The Balaban J connectivity index is 2.16. The molecule has 0 aliphatic carbocycles. The van der Waals surface area contributed by atoms with Crippen molar-refractivity contribution in [2.24, 2.45) is 0 Å². The zero-order valence-electron chi connectivity index (χ0n) is 13.5. The second kappa shape index (κ2) is 5.42.